The molecule has 0 radical (unpaired) electrons. The second kappa shape index (κ2) is 6.02. The molecule has 5 nitrogen and oxygen atoms in total. The van der Waals surface area contributed by atoms with E-state index in [1.165, 1.54) is 0 Å². The minimum Gasteiger partial charge on any atom is -0.382 e. The van der Waals surface area contributed by atoms with Crippen molar-refractivity contribution in [3.05, 3.63) is 33.9 Å². The van der Waals surface area contributed by atoms with E-state index in [4.69, 9.17) is 4.74 Å². The van der Waals surface area contributed by atoms with Crippen LogP contribution in [0.5, 0.6) is 0 Å². The summed E-state index contributed by atoms with van der Waals surface area (Å²) in [6.45, 7) is 8.96. The fourth-order valence-corrected chi connectivity index (χ4v) is 3.13. The van der Waals surface area contributed by atoms with Crippen LogP contribution in [0.25, 0.3) is 0 Å². The molecule has 0 bridgehead atoms. The van der Waals surface area contributed by atoms with E-state index in [0.29, 0.717) is 17.7 Å². The quantitative estimate of drug-likeness (QED) is 0.637. The van der Waals surface area contributed by atoms with Crippen LogP contribution in [0.1, 0.15) is 39.2 Å². The lowest BCUT2D eigenvalue weighted by atomic mass is 9.61. The zero-order valence-corrected chi connectivity index (χ0v) is 13.2. The standard InChI is InChI=1S/C16H24N2O3/c1-5-16(4)14(10-15(16)21-6-2)17-12-7-8-13(18(19)20)11(3)9-12/h7-9,14-15,17H,5-6,10H2,1-4H3. The van der Waals surface area contributed by atoms with Crippen LogP contribution in [0, 0.1) is 22.5 Å². The molecule has 0 aliphatic heterocycles. The van der Waals surface area contributed by atoms with Gasteiger partial charge in [0.05, 0.1) is 11.0 Å². The molecule has 0 amide bonds. The fraction of sp³-hybridized carbons (Fsp3) is 0.625. The molecule has 1 N–H and O–H groups in total. The van der Waals surface area contributed by atoms with Crippen LogP contribution in [-0.2, 0) is 4.74 Å². The summed E-state index contributed by atoms with van der Waals surface area (Å²) < 4.78 is 5.80. The van der Waals surface area contributed by atoms with E-state index in [0.717, 1.165) is 25.1 Å². The molecule has 0 saturated heterocycles. The molecule has 2 rings (SSSR count). The third kappa shape index (κ3) is 2.88. The van der Waals surface area contributed by atoms with Crippen molar-refractivity contribution in [2.45, 2.75) is 52.7 Å². The Morgan fingerprint density at radius 1 is 1.48 bits per heavy atom. The van der Waals surface area contributed by atoms with Crippen LogP contribution in [0.15, 0.2) is 18.2 Å². The lowest BCUT2D eigenvalue weighted by Gasteiger charge is -2.54. The molecule has 1 aromatic carbocycles. The maximum absolute atomic E-state index is 10.9. The third-order valence-corrected chi connectivity index (χ3v) is 4.85. The highest BCUT2D eigenvalue weighted by molar-refractivity contribution is 5.54. The fourth-order valence-electron chi connectivity index (χ4n) is 3.13. The van der Waals surface area contributed by atoms with E-state index in [1.807, 2.05) is 13.0 Å². The highest BCUT2D eigenvalue weighted by atomic mass is 16.6. The van der Waals surface area contributed by atoms with E-state index >= 15 is 0 Å². The first-order valence-electron chi connectivity index (χ1n) is 7.55. The maximum Gasteiger partial charge on any atom is 0.272 e. The maximum atomic E-state index is 10.9. The number of nitro groups is 1. The molecule has 3 atom stereocenters. The lowest BCUT2D eigenvalue weighted by Crippen LogP contribution is -2.59. The van der Waals surface area contributed by atoms with Crippen molar-refractivity contribution in [3.8, 4) is 0 Å². The van der Waals surface area contributed by atoms with Crippen molar-refractivity contribution >= 4 is 11.4 Å². The Kier molecular flexibility index (Phi) is 4.52. The van der Waals surface area contributed by atoms with Gasteiger partial charge in [0.25, 0.3) is 5.69 Å². The topological polar surface area (TPSA) is 64.4 Å². The monoisotopic (exact) mass is 292 g/mol. The highest BCUT2D eigenvalue weighted by Gasteiger charge is 2.51. The molecular formula is C16H24N2O3. The van der Waals surface area contributed by atoms with Gasteiger partial charge < -0.3 is 10.1 Å². The molecule has 0 aromatic heterocycles. The van der Waals surface area contributed by atoms with Crippen molar-refractivity contribution in [2.75, 3.05) is 11.9 Å². The van der Waals surface area contributed by atoms with Crippen LogP contribution in [0.3, 0.4) is 0 Å². The Bertz CT molecular complexity index is 532. The molecule has 1 aliphatic carbocycles. The Morgan fingerprint density at radius 3 is 2.71 bits per heavy atom. The molecule has 1 fully saturated rings. The predicted octanol–water partition coefficient (Wildman–Crippen LogP) is 3.91. The van der Waals surface area contributed by atoms with Gasteiger partial charge in [0, 0.05) is 35.4 Å². The average Bonchev–Trinajstić information content (AvgIpc) is 2.45. The smallest absolute Gasteiger partial charge is 0.272 e. The number of aryl methyl sites for hydroxylation is 1. The molecular weight excluding hydrogens is 268 g/mol. The number of anilines is 1. The molecule has 1 aromatic rings. The van der Waals surface area contributed by atoms with Crippen molar-refractivity contribution in [1.29, 1.82) is 0 Å². The predicted molar refractivity (Wildman–Crippen MR) is 83.7 cm³/mol. The number of ether oxygens (including phenoxy) is 1. The number of benzene rings is 1. The molecule has 0 spiro atoms. The Labute approximate surface area is 125 Å². The van der Waals surface area contributed by atoms with E-state index in [1.54, 1.807) is 19.1 Å². The third-order valence-electron chi connectivity index (χ3n) is 4.85. The van der Waals surface area contributed by atoms with Gasteiger partial charge in [-0.05, 0) is 38.8 Å². The number of nitrogens with one attached hydrogen (secondary N) is 1. The molecule has 116 valence electrons. The summed E-state index contributed by atoms with van der Waals surface area (Å²) in [5.74, 6) is 0. The Hall–Kier alpha value is -1.62. The normalized spacial score (nSPS) is 28.0. The summed E-state index contributed by atoms with van der Waals surface area (Å²) in [5.41, 5.74) is 1.91. The average molecular weight is 292 g/mol. The van der Waals surface area contributed by atoms with Gasteiger partial charge in [-0.15, -0.1) is 0 Å². The van der Waals surface area contributed by atoms with Crippen LogP contribution in [0.4, 0.5) is 11.4 Å². The summed E-state index contributed by atoms with van der Waals surface area (Å²) in [7, 11) is 0. The van der Waals surface area contributed by atoms with Crippen LogP contribution in [0.2, 0.25) is 0 Å². The second-order valence-electron chi connectivity index (χ2n) is 5.99. The van der Waals surface area contributed by atoms with E-state index in [2.05, 4.69) is 19.2 Å². The first kappa shape index (κ1) is 15.8. The second-order valence-corrected chi connectivity index (χ2v) is 5.99. The van der Waals surface area contributed by atoms with Crippen LogP contribution < -0.4 is 5.32 Å². The summed E-state index contributed by atoms with van der Waals surface area (Å²) in [6.07, 6.45) is 2.32. The zero-order chi connectivity index (χ0) is 15.6. The number of nitrogens with zero attached hydrogens (tertiary/aromatic N) is 1. The molecule has 5 heteroatoms. The summed E-state index contributed by atoms with van der Waals surface area (Å²) in [5, 5.41) is 14.4. The largest absolute Gasteiger partial charge is 0.382 e. The van der Waals surface area contributed by atoms with Gasteiger partial charge in [0.2, 0.25) is 0 Å². The number of hydrogen-bond donors (Lipinski definition) is 1. The number of hydrogen-bond acceptors (Lipinski definition) is 4. The minimum atomic E-state index is -0.344. The van der Waals surface area contributed by atoms with Crippen molar-refractivity contribution in [2.24, 2.45) is 5.41 Å². The molecule has 1 aliphatic rings. The van der Waals surface area contributed by atoms with Gasteiger partial charge >= 0.3 is 0 Å². The van der Waals surface area contributed by atoms with Gasteiger partial charge in [-0.3, -0.25) is 10.1 Å². The first-order valence-corrected chi connectivity index (χ1v) is 7.55. The SMILES string of the molecule is CCOC1CC(Nc2ccc([N+](=O)[O-])c(C)c2)C1(C)CC. The van der Waals surface area contributed by atoms with Crippen molar-refractivity contribution in [3.63, 3.8) is 0 Å². The van der Waals surface area contributed by atoms with Crippen molar-refractivity contribution in [1.82, 2.24) is 0 Å². The van der Waals surface area contributed by atoms with E-state index < -0.39 is 0 Å². The summed E-state index contributed by atoms with van der Waals surface area (Å²) >= 11 is 0. The first-order chi connectivity index (χ1) is 9.92. The van der Waals surface area contributed by atoms with Gasteiger partial charge in [-0.2, -0.15) is 0 Å². The summed E-state index contributed by atoms with van der Waals surface area (Å²) in [4.78, 5) is 10.5. The van der Waals surface area contributed by atoms with E-state index in [-0.39, 0.29) is 16.0 Å². The number of rotatable bonds is 6. The van der Waals surface area contributed by atoms with Crippen molar-refractivity contribution < 1.29 is 9.66 Å². The molecule has 0 heterocycles. The van der Waals surface area contributed by atoms with Crippen LogP contribution >= 0.6 is 0 Å². The summed E-state index contributed by atoms with van der Waals surface area (Å²) in [6, 6.07) is 5.55. The Balaban J connectivity index is 2.09. The number of nitro benzene ring substituents is 1. The molecule has 21 heavy (non-hydrogen) atoms. The van der Waals surface area contributed by atoms with E-state index in [9.17, 15) is 10.1 Å². The van der Waals surface area contributed by atoms with Gasteiger partial charge in [-0.25, -0.2) is 0 Å². The minimum absolute atomic E-state index is 0.117. The Morgan fingerprint density at radius 2 is 2.19 bits per heavy atom. The molecule has 3 unspecified atom stereocenters. The zero-order valence-electron chi connectivity index (χ0n) is 13.2. The van der Waals surface area contributed by atoms with Gasteiger partial charge in [0.15, 0.2) is 0 Å². The lowest BCUT2D eigenvalue weighted by molar-refractivity contribution is -0.385. The highest BCUT2D eigenvalue weighted by Crippen LogP contribution is 2.47. The van der Waals surface area contributed by atoms with Gasteiger partial charge in [-0.1, -0.05) is 13.8 Å². The van der Waals surface area contributed by atoms with Gasteiger partial charge in [0.1, 0.15) is 0 Å². The van der Waals surface area contributed by atoms with Crippen LogP contribution in [-0.4, -0.2) is 23.7 Å². The molecule has 1 saturated carbocycles.